The van der Waals surface area contributed by atoms with Gasteiger partial charge in [0.05, 0.1) is 5.04 Å². The van der Waals surface area contributed by atoms with Crippen molar-refractivity contribution in [2.24, 2.45) is 16.8 Å². The van der Waals surface area contributed by atoms with Gasteiger partial charge >= 0.3 is 0 Å². The van der Waals surface area contributed by atoms with Crippen LogP contribution in [0.4, 0.5) is 5.82 Å². The molecule has 1 aromatic heterocycles. The molecule has 5 heteroatoms. The van der Waals surface area contributed by atoms with E-state index in [9.17, 15) is 4.79 Å². The molecule has 1 aromatic carbocycles. The average molecular weight is 356 g/mol. The summed E-state index contributed by atoms with van der Waals surface area (Å²) in [4.78, 5) is 22.5. The van der Waals surface area contributed by atoms with E-state index in [0.717, 1.165) is 36.6 Å². The number of nitrogens with zero attached hydrogens (tertiary/aromatic N) is 2. The molecule has 1 amide bonds. The molecule has 1 unspecified atom stereocenters. The number of carbonyl (C=O) groups is 1. The lowest BCUT2D eigenvalue weighted by atomic mass is 10.1. The molecule has 2 aliphatic rings. The maximum atomic E-state index is 11.9. The van der Waals surface area contributed by atoms with Gasteiger partial charge in [-0.05, 0) is 53.7 Å². The number of aliphatic imine (C=N–C) groups is 1. The van der Waals surface area contributed by atoms with Crippen LogP contribution in [-0.4, -0.2) is 28.2 Å². The third-order valence-electron chi connectivity index (χ3n) is 4.74. The van der Waals surface area contributed by atoms with E-state index >= 15 is 0 Å². The molecule has 132 valence electrons. The van der Waals surface area contributed by atoms with E-state index in [-0.39, 0.29) is 22.7 Å². The lowest BCUT2D eigenvalue weighted by Crippen LogP contribution is -2.14. The minimum absolute atomic E-state index is 0.104. The largest absolute Gasteiger partial charge is 0.310 e. The number of carbonyl (C=O) groups excluding carboxylic acids is 1. The molecule has 4 nitrogen and oxygen atoms in total. The number of hydrogen-bond acceptors (Lipinski definition) is 3. The predicted octanol–water partition coefficient (Wildman–Crippen LogP) is 4.40. The van der Waals surface area contributed by atoms with Crippen molar-refractivity contribution in [2.45, 2.75) is 38.0 Å². The first kappa shape index (κ1) is 16.6. The van der Waals surface area contributed by atoms with Crippen LogP contribution in [0.15, 0.2) is 40.4 Å². The fourth-order valence-electron chi connectivity index (χ4n) is 3.25. The van der Waals surface area contributed by atoms with Crippen LogP contribution in [-0.2, 0) is 4.79 Å². The summed E-state index contributed by atoms with van der Waals surface area (Å²) in [6, 6.07) is 8.64. The first-order chi connectivity index (χ1) is 12.1. The number of benzene rings is 1. The van der Waals surface area contributed by atoms with Gasteiger partial charge in [-0.3, -0.25) is 9.79 Å². The zero-order valence-electron chi connectivity index (χ0n) is 14.8. The van der Waals surface area contributed by atoms with Crippen LogP contribution >= 0.6 is 10.9 Å². The Hall–Kier alpha value is -1.88. The summed E-state index contributed by atoms with van der Waals surface area (Å²) in [5.74, 6) is 2.79. The summed E-state index contributed by atoms with van der Waals surface area (Å²) in [5, 5.41) is 6.60. The molecule has 0 spiro atoms. The lowest BCUT2D eigenvalue weighted by Gasteiger charge is -2.20. The highest BCUT2D eigenvalue weighted by molar-refractivity contribution is 8.30. The SMILES string of the molecule is CC(C)CC1=NCC[SH]1c1ccc2cc(NC(=O)C3CC3)ncc2c1. The summed E-state index contributed by atoms with van der Waals surface area (Å²) >= 11 is 0. The zero-order chi connectivity index (χ0) is 17.4. The number of fused-ring (bicyclic) bond motifs is 1. The number of rotatable bonds is 5. The molecular weight excluding hydrogens is 330 g/mol. The molecule has 0 radical (unpaired) electrons. The highest BCUT2D eigenvalue weighted by atomic mass is 32.2. The fraction of sp³-hybridized carbons (Fsp3) is 0.450. The van der Waals surface area contributed by atoms with E-state index < -0.39 is 0 Å². The van der Waals surface area contributed by atoms with Gasteiger partial charge in [0.1, 0.15) is 5.82 Å². The summed E-state index contributed by atoms with van der Waals surface area (Å²) < 4.78 is 0. The Morgan fingerprint density at radius 2 is 2.12 bits per heavy atom. The van der Waals surface area contributed by atoms with Crippen LogP contribution in [0.5, 0.6) is 0 Å². The van der Waals surface area contributed by atoms with Crippen molar-refractivity contribution in [1.29, 1.82) is 0 Å². The predicted molar refractivity (Wildman–Crippen MR) is 107 cm³/mol. The number of anilines is 1. The zero-order valence-corrected chi connectivity index (χ0v) is 15.7. The minimum atomic E-state index is -0.279. The lowest BCUT2D eigenvalue weighted by molar-refractivity contribution is -0.117. The topological polar surface area (TPSA) is 54.4 Å². The molecule has 1 fully saturated rings. The Kier molecular flexibility index (Phi) is 4.50. The third-order valence-corrected chi connectivity index (χ3v) is 7.23. The molecule has 1 aliphatic heterocycles. The third kappa shape index (κ3) is 3.71. The van der Waals surface area contributed by atoms with E-state index in [4.69, 9.17) is 4.99 Å². The van der Waals surface area contributed by atoms with Crippen molar-refractivity contribution >= 4 is 38.4 Å². The Morgan fingerprint density at radius 1 is 1.28 bits per heavy atom. The molecule has 1 atom stereocenters. The molecular formula is C20H25N3OS. The molecule has 1 saturated carbocycles. The summed E-state index contributed by atoms with van der Waals surface area (Å²) in [5.41, 5.74) is 0. The Balaban J connectivity index is 1.56. The second kappa shape index (κ2) is 6.79. The summed E-state index contributed by atoms with van der Waals surface area (Å²) in [7, 11) is -0.279. The Labute approximate surface area is 151 Å². The number of aromatic nitrogens is 1. The van der Waals surface area contributed by atoms with Gasteiger partial charge in [-0.15, -0.1) is 0 Å². The standard InChI is InChI=1S/C20H25N3OS/c1-13(2)9-19-21-7-8-25(19)17-6-5-15-11-18(22-12-16(15)10-17)23-20(24)14-3-4-14/h5-6,10-14,25H,3-4,7-9H2,1-2H3,(H,22,23,24). The minimum Gasteiger partial charge on any atom is -0.310 e. The van der Waals surface area contributed by atoms with Crippen molar-refractivity contribution in [3.63, 3.8) is 0 Å². The molecule has 2 aromatic rings. The number of thiol groups is 1. The molecule has 2 heterocycles. The maximum absolute atomic E-state index is 11.9. The molecule has 1 N–H and O–H groups in total. The fourth-order valence-corrected chi connectivity index (χ4v) is 5.77. The Bertz CT molecular complexity index is 842. The quantitative estimate of drug-likeness (QED) is 0.781. The van der Waals surface area contributed by atoms with Crippen LogP contribution in [0.1, 0.15) is 33.1 Å². The van der Waals surface area contributed by atoms with Gasteiger partial charge in [0.25, 0.3) is 0 Å². The molecule has 1 aliphatic carbocycles. The van der Waals surface area contributed by atoms with Crippen LogP contribution in [0, 0.1) is 11.8 Å². The van der Waals surface area contributed by atoms with Crippen molar-refractivity contribution in [1.82, 2.24) is 4.98 Å². The van der Waals surface area contributed by atoms with Crippen molar-refractivity contribution in [2.75, 3.05) is 17.6 Å². The second-order valence-corrected chi connectivity index (χ2v) is 9.75. The van der Waals surface area contributed by atoms with Crippen LogP contribution in [0.3, 0.4) is 0 Å². The van der Waals surface area contributed by atoms with Crippen LogP contribution < -0.4 is 5.32 Å². The number of nitrogens with one attached hydrogen (secondary N) is 1. The van der Waals surface area contributed by atoms with Gasteiger partial charge in [-0.1, -0.05) is 19.9 Å². The molecule has 4 rings (SSSR count). The summed E-state index contributed by atoms with van der Waals surface area (Å²) in [6.45, 7) is 5.49. The summed E-state index contributed by atoms with van der Waals surface area (Å²) in [6.07, 6.45) is 5.00. The van der Waals surface area contributed by atoms with Crippen molar-refractivity contribution in [3.05, 3.63) is 30.5 Å². The first-order valence-electron chi connectivity index (χ1n) is 9.11. The van der Waals surface area contributed by atoms with E-state index in [1.807, 2.05) is 12.3 Å². The van der Waals surface area contributed by atoms with Crippen molar-refractivity contribution < 1.29 is 4.79 Å². The molecule has 25 heavy (non-hydrogen) atoms. The highest BCUT2D eigenvalue weighted by Crippen LogP contribution is 2.43. The van der Waals surface area contributed by atoms with Gasteiger partial charge in [0.15, 0.2) is 0 Å². The number of pyridine rings is 1. The van der Waals surface area contributed by atoms with E-state index in [2.05, 4.69) is 42.3 Å². The van der Waals surface area contributed by atoms with Gasteiger partial charge in [0.2, 0.25) is 5.91 Å². The van der Waals surface area contributed by atoms with Gasteiger partial charge in [0, 0.05) is 29.8 Å². The Morgan fingerprint density at radius 3 is 2.88 bits per heavy atom. The van der Waals surface area contributed by atoms with E-state index in [1.165, 1.54) is 15.7 Å². The van der Waals surface area contributed by atoms with E-state index in [1.54, 1.807) is 0 Å². The highest BCUT2D eigenvalue weighted by Gasteiger charge is 2.29. The van der Waals surface area contributed by atoms with Gasteiger partial charge in [-0.25, -0.2) is 4.98 Å². The van der Waals surface area contributed by atoms with Crippen LogP contribution in [0.2, 0.25) is 0 Å². The number of amides is 1. The second-order valence-electron chi connectivity index (χ2n) is 7.41. The van der Waals surface area contributed by atoms with Gasteiger partial charge < -0.3 is 5.32 Å². The smallest absolute Gasteiger partial charge is 0.228 e. The number of hydrogen-bond donors (Lipinski definition) is 2. The van der Waals surface area contributed by atoms with Crippen molar-refractivity contribution in [3.8, 4) is 0 Å². The maximum Gasteiger partial charge on any atom is 0.228 e. The van der Waals surface area contributed by atoms with E-state index in [0.29, 0.717) is 11.7 Å². The monoisotopic (exact) mass is 355 g/mol. The average Bonchev–Trinajstić information content (AvgIpc) is 3.34. The first-order valence-corrected chi connectivity index (χ1v) is 10.6. The molecule has 0 saturated heterocycles. The normalized spacial score (nSPS) is 21.6. The van der Waals surface area contributed by atoms with Gasteiger partial charge in [-0.2, -0.15) is 10.9 Å². The van der Waals surface area contributed by atoms with Crippen LogP contribution in [0.25, 0.3) is 10.8 Å². The molecule has 0 bridgehead atoms.